The average molecular weight is 548 g/mol. The standard InChI is InChI=1S/C40H25N3/c1-2-9-26(10-3-1)28-18-20-38-36(25-28)32-14-6-7-16-37(32)43(38)30-12-8-11-27(23-30)29-17-19-34-35(24-29)31-13-4-5-15-33(31)39-40(34)42-22-21-41-39/h1-25H. The highest BCUT2D eigenvalue weighted by Crippen LogP contribution is 2.38. The first-order chi connectivity index (χ1) is 21.3. The molecule has 0 aliphatic rings. The van der Waals surface area contributed by atoms with Crippen molar-refractivity contribution in [2.75, 3.05) is 0 Å². The van der Waals surface area contributed by atoms with Gasteiger partial charge < -0.3 is 4.57 Å². The molecule has 3 heteroatoms. The van der Waals surface area contributed by atoms with Gasteiger partial charge in [0.25, 0.3) is 0 Å². The molecule has 0 radical (unpaired) electrons. The monoisotopic (exact) mass is 547 g/mol. The Labute approximate surface area is 248 Å². The highest BCUT2D eigenvalue weighted by Gasteiger charge is 2.15. The van der Waals surface area contributed by atoms with Gasteiger partial charge in [-0.25, -0.2) is 0 Å². The van der Waals surface area contributed by atoms with E-state index in [1.54, 1.807) is 12.4 Å². The topological polar surface area (TPSA) is 30.7 Å². The molecule has 2 aromatic heterocycles. The summed E-state index contributed by atoms with van der Waals surface area (Å²) in [6.07, 6.45) is 3.56. The Kier molecular flexibility index (Phi) is 5.20. The van der Waals surface area contributed by atoms with Crippen molar-refractivity contribution in [3.05, 3.63) is 152 Å². The molecular weight excluding hydrogens is 522 g/mol. The van der Waals surface area contributed by atoms with Crippen LogP contribution in [-0.2, 0) is 0 Å². The molecule has 7 aromatic carbocycles. The van der Waals surface area contributed by atoms with Crippen LogP contribution in [0.5, 0.6) is 0 Å². The Morgan fingerprint density at radius 2 is 0.930 bits per heavy atom. The summed E-state index contributed by atoms with van der Waals surface area (Å²) in [4.78, 5) is 9.41. The van der Waals surface area contributed by atoms with Crippen molar-refractivity contribution in [1.29, 1.82) is 0 Å². The minimum absolute atomic E-state index is 0.941. The highest BCUT2D eigenvalue weighted by molar-refractivity contribution is 6.23. The summed E-state index contributed by atoms with van der Waals surface area (Å²) in [6, 6.07) is 50.2. The molecule has 9 rings (SSSR count). The fourth-order valence-corrected chi connectivity index (χ4v) is 6.70. The Bertz CT molecular complexity index is 2470. The molecule has 0 fully saturated rings. The molecule has 9 aromatic rings. The van der Waals surface area contributed by atoms with Crippen LogP contribution in [0.1, 0.15) is 0 Å². The SMILES string of the molecule is c1ccc(-c2ccc3c(c2)c2ccccc2n3-c2cccc(-c3ccc4c(c3)c3ccccc3c3nccnc43)c2)cc1. The quantitative estimate of drug-likeness (QED) is 0.206. The molecule has 0 N–H and O–H groups in total. The van der Waals surface area contributed by atoms with Gasteiger partial charge in [-0.1, -0.05) is 103 Å². The van der Waals surface area contributed by atoms with Crippen LogP contribution in [0.3, 0.4) is 0 Å². The second-order valence-electron chi connectivity index (χ2n) is 11.1. The maximum absolute atomic E-state index is 4.73. The van der Waals surface area contributed by atoms with Crippen molar-refractivity contribution in [2.45, 2.75) is 0 Å². The summed E-state index contributed by atoms with van der Waals surface area (Å²) in [7, 11) is 0. The van der Waals surface area contributed by atoms with Gasteiger partial charge in [0.05, 0.1) is 22.1 Å². The molecule has 2 heterocycles. The van der Waals surface area contributed by atoms with Gasteiger partial charge in [0, 0.05) is 39.6 Å². The number of benzene rings is 7. The lowest BCUT2D eigenvalue weighted by molar-refractivity contribution is 1.18. The minimum atomic E-state index is 0.941. The van der Waals surface area contributed by atoms with Crippen molar-refractivity contribution in [2.24, 2.45) is 0 Å². The summed E-state index contributed by atoms with van der Waals surface area (Å²) < 4.78 is 2.39. The normalized spacial score (nSPS) is 11.7. The molecule has 0 amide bonds. The first-order valence-corrected chi connectivity index (χ1v) is 14.6. The summed E-state index contributed by atoms with van der Waals surface area (Å²) >= 11 is 0. The van der Waals surface area contributed by atoms with Gasteiger partial charge >= 0.3 is 0 Å². The molecule has 0 aliphatic carbocycles. The predicted molar refractivity (Wildman–Crippen MR) is 180 cm³/mol. The van der Waals surface area contributed by atoms with E-state index in [2.05, 4.69) is 149 Å². The Balaban J connectivity index is 1.24. The van der Waals surface area contributed by atoms with Crippen molar-refractivity contribution in [3.8, 4) is 27.9 Å². The second kappa shape index (κ2) is 9.37. The Morgan fingerprint density at radius 1 is 0.349 bits per heavy atom. The van der Waals surface area contributed by atoms with Crippen molar-refractivity contribution < 1.29 is 0 Å². The maximum Gasteiger partial charge on any atom is 0.0971 e. The third-order valence-corrected chi connectivity index (χ3v) is 8.66. The number of fused-ring (bicyclic) bond motifs is 9. The van der Waals surface area contributed by atoms with Crippen LogP contribution in [-0.4, -0.2) is 14.5 Å². The third kappa shape index (κ3) is 3.68. The molecule has 3 nitrogen and oxygen atoms in total. The second-order valence-corrected chi connectivity index (χ2v) is 11.1. The molecule has 0 saturated heterocycles. The van der Waals surface area contributed by atoms with Crippen molar-refractivity contribution >= 4 is 54.4 Å². The van der Waals surface area contributed by atoms with Gasteiger partial charge in [-0.3, -0.25) is 9.97 Å². The molecule has 0 aliphatic heterocycles. The first kappa shape index (κ1) is 23.9. The van der Waals surface area contributed by atoms with E-state index < -0.39 is 0 Å². The summed E-state index contributed by atoms with van der Waals surface area (Å²) in [6.45, 7) is 0. The largest absolute Gasteiger partial charge is 0.309 e. The van der Waals surface area contributed by atoms with Gasteiger partial charge in [0.1, 0.15) is 0 Å². The highest BCUT2D eigenvalue weighted by atomic mass is 15.0. The van der Waals surface area contributed by atoms with E-state index in [1.807, 2.05) is 0 Å². The molecule has 0 spiro atoms. The summed E-state index contributed by atoms with van der Waals surface area (Å²) in [5.74, 6) is 0. The molecule has 0 unspecified atom stereocenters. The van der Waals surface area contributed by atoms with Gasteiger partial charge in [-0.05, 0) is 69.4 Å². The lowest BCUT2D eigenvalue weighted by Crippen LogP contribution is -1.94. The van der Waals surface area contributed by atoms with Gasteiger partial charge in [-0.15, -0.1) is 0 Å². The van der Waals surface area contributed by atoms with E-state index in [9.17, 15) is 0 Å². The predicted octanol–water partition coefficient (Wildman–Crippen LogP) is 10.4. The average Bonchev–Trinajstić information content (AvgIpc) is 3.42. The lowest BCUT2D eigenvalue weighted by atomic mass is 9.95. The van der Waals surface area contributed by atoms with Crippen LogP contribution in [0, 0.1) is 0 Å². The Morgan fingerprint density at radius 3 is 1.77 bits per heavy atom. The van der Waals surface area contributed by atoms with Gasteiger partial charge in [0.2, 0.25) is 0 Å². The summed E-state index contributed by atoms with van der Waals surface area (Å²) in [5.41, 5.74) is 10.2. The Hall–Kier alpha value is -5.80. The van der Waals surface area contributed by atoms with E-state index >= 15 is 0 Å². The maximum atomic E-state index is 4.73. The lowest BCUT2D eigenvalue weighted by Gasteiger charge is -2.13. The van der Waals surface area contributed by atoms with Crippen LogP contribution < -0.4 is 0 Å². The third-order valence-electron chi connectivity index (χ3n) is 8.66. The molecular formula is C40H25N3. The zero-order chi connectivity index (χ0) is 28.3. The van der Waals surface area contributed by atoms with Crippen molar-refractivity contribution in [1.82, 2.24) is 14.5 Å². The number of aromatic nitrogens is 3. The number of hydrogen-bond donors (Lipinski definition) is 0. The first-order valence-electron chi connectivity index (χ1n) is 14.6. The van der Waals surface area contributed by atoms with Crippen molar-refractivity contribution in [3.63, 3.8) is 0 Å². The van der Waals surface area contributed by atoms with E-state index in [1.165, 1.54) is 54.8 Å². The van der Waals surface area contributed by atoms with E-state index in [-0.39, 0.29) is 0 Å². The number of hydrogen-bond acceptors (Lipinski definition) is 2. The van der Waals surface area contributed by atoms with Crippen LogP contribution in [0.15, 0.2) is 152 Å². The molecule has 0 bridgehead atoms. The number of para-hydroxylation sites is 1. The van der Waals surface area contributed by atoms with E-state index in [4.69, 9.17) is 4.98 Å². The van der Waals surface area contributed by atoms with E-state index in [0.29, 0.717) is 0 Å². The fraction of sp³-hybridized carbons (Fsp3) is 0. The van der Waals surface area contributed by atoms with Gasteiger partial charge in [-0.2, -0.15) is 0 Å². The zero-order valence-corrected chi connectivity index (χ0v) is 23.3. The van der Waals surface area contributed by atoms with Crippen LogP contribution >= 0.6 is 0 Å². The van der Waals surface area contributed by atoms with Crippen LogP contribution in [0.2, 0.25) is 0 Å². The molecule has 43 heavy (non-hydrogen) atoms. The fourth-order valence-electron chi connectivity index (χ4n) is 6.70. The van der Waals surface area contributed by atoms with Gasteiger partial charge in [0.15, 0.2) is 0 Å². The van der Waals surface area contributed by atoms with Crippen LogP contribution in [0.25, 0.3) is 82.3 Å². The molecule has 0 atom stereocenters. The summed E-state index contributed by atoms with van der Waals surface area (Å²) in [5, 5.41) is 7.15. The minimum Gasteiger partial charge on any atom is -0.309 e. The number of rotatable bonds is 3. The van der Waals surface area contributed by atoms with E-state index in [0.717, 1.165) is 27.5 Å². The smallest absolute Gasteiger partial charge is 0.0971 e. The zero-order valence-electron chi connectivity index (χ0n) is 23.3. The number of nitrogens with zero attached hydrogens (tertiary/aromatic N) is 3. The molecule has 0 saturated carbocycles. The molecule has 200 valence electrons. The van der Waals surface area contributed by atoms with Crippen LogP contribution in [0.4, 0.5) is 0 Å².